The molecular formula is C18H23F2NO4. The van der Waals surface area contributed by atoms with E-state index in [2.05, 4.69) is 0 Å². The third-order valence-corrected chi connectivity index (χ3v) is 4.91. The van der Waals surface area contributed by atoms with Crippen LogP contribution in [-0.4, -0.2) is 41.6 Å². The molecule has 1 saturated heterocycles. The predicted octanol–water partition coefficient (Wildman–Crippen LogP) is 3.14. The highest BCUT2D eigenvalue weighted by molar-refractivity contribution is 5.87. The van der Waals surface area contributed by atoms with Gasteiger partial charge in [-0.05, 0) is 31.4 Å². The maximum Gasteiger partial charge on any atom is 0.353 e. The molecule has 1 aliphatic heterocycles. The third kappa shape index (κ3) is 3.32. The summed E-state index contributed by atoms with van der Waals surface area (Å²) in [5.41, 5.74) is -1.69. The molecule has 1 unspecified atom stereocenters. The summed E-state index contributed by atoms with van der Waals surface area (Å²) in [4.78, 5) is 25.1. The van der Waals surface area contributed by atoms with Crippen molar-refractivity contribution < 1.29 is 28.2 Å². The Hall–Kier alpha value is -2.18. The van der Waals surface area contributed by atoms with E-state index in [-0.39, 0.29) is 37.8 Å². The minimum atomic E-state index is -3.78. The largest absolute Gasteiger partial charge is 0.493 e. The molecule has 25 heavy (non-hydrogen) atoms. The van der Waals surface area contributed by atoms with Gasteiger partial charge in [-0.15, -0.1) is 0 Å². The SMILES string of the molecule is CCOc1ccccc1C(F)(F)C(=O)N1CCC(C(=O)O)(C(C)C)C1. The zero-order valence-electron chi connectivity index (χ0n) is 14.6. The van der Waals surface area contributed by atoms with Gasteiger partial charge in [-0.25, -0.2) is 0 Å². The van der Waals surface area contributed by atoms with E-state index in [1.54, 1.807) is 26.8 Å². The van der Waals surface area contributed by atoms with Gasteiger partial charge >= 0.3 is 11.9 Å². The fraction of sp³-hybridized carbons (Fsp3) is 0.556. The summed E-state index contributed by atoms with van der Waals surface area (Å²) in [7, 11) is 0. The summed E-state index contributed by atoms with van der Waals surface area (Å²) in [6.07, 6.45) is 0.162. The van der Waals surface area contributed by atoms with Crippen LogP contribution in [0.5, 0.6) is 5.75 Å². The maximum atomic E-state index is 14.8. The number of hydrogen-bond donors (Lipinski definition) is 1. The molecule has 0 saturated carbocycles. The number of amides is 1. The summed E-state index contributed by atoms with van der Waals surface area (Å²) in [5.74, 6) is -6.54. The van der Waals surface area contributed by atoms with Crippen LogP contribution < -0.4 is 4.74 Å². The van der Waals surface area contributed by atoms with Crippen molar-refractivity contribution in [2.75, 3.05) is 19.7 Å². The average Bonchev–Trinajstić information content (AvgIpc) is 3.01. The molecule has 2 rings (SSSR count). The molecular weight excluding hydrogens is 332 g/mol. The molecule has 1 N–H and O–H groups in total. The molecule has 1 aromatic carbocycles. The van der Waals surface area contributed by atoms with E-state index in [4.69, 9.17) is 4.74 Å². The van der Waals surface area contributed by atoms with E-state index in [0.717, 1.165) is 11.0 Å². The van der Waals surface area contributed by atoms with Gasteiger partial charge in [0, 0.05) is 13.1 Å². The van der Waals surface area contributed by atoms with Gasteiger partial charge < -0.3 is 14.7 Å². The van der Waals surface area contributed by atoms with Crippen molar-refractivity contribution in [2.45, 2.75) is 33.1 Å². The number of carboxylic acid groups (broad SMARTS) is 1. The van der Waals surface area contributed by atoms with Crippen LogP contribution in [0.1, 0.15) is 32.8 Å². The number of carbonyl (C=O) groups excluding carboxylic acids is 1. The smallest absolute Gasteiger partial charge is 0.353 e. The zero-order valence-corrected chi connectivity index (χ0v) is 14.6. The number of aliphatic carboxylic acids is 1. The zero-order chi connectivity index (χ0) is 18.8. The number of halogens is 2. The Labute approximate surface area is 145 Å². The molecule has 1 aliphatic rings. The summed E-state index contributed by atoms with van der Waals surface area (Å²) in [6.45, 7) is 5.09. The van der Waals surface area contributed by atoms with Crippen LogP contribution in [0.3, 0.4) is 0 Å². The standard InChI is InChI=1S/C18H23F2NO4/c1-4-25-14-8-6-5-7-13(14)18(19,20)15(22)21-10-9-17(11-21,12(2)3)16(23)24/h5-8,12H,4,9-11H2,1-3H3,(H,23,24). The van der Waals surface area contributed by atoms with Crippen molar-refractivity contribution in [1.29, 1.82) is 0 Å². The number of para-hydroxylation sites is 1. The summed E-state index contributed by atoms with van der Waals surface area (Å²) >= 11 is 0. The number of nitrogens with zero attached hydrogens (tertiary/aromatic N) is 1. The Morgan fingerprint density at radius 2 is 2.00 bits per heavy atom. The first-order chi connectivity index (χ1) is 11.7. The van der Waals surface area contributed by atoms with Gasteiger partial charge in [0.25, 0.3) is 5.91 Å². The first-order valence-electron chi connectivity index (χ1n) is 8.29. The highest BCUT2D eigenvalue weighted by Gasteiger charge is 2.53. The highest BCUT2D eigenvalue weighted by Crippen LogP contribution is 2.42. The van der Waals surface area contributed by atoms with Crippen molar-refractivity contribution in [2.24, 2.45) is 11.3 Å². The summed E-state index contributed by atoms with van der Waals surface area (Å²) in [5, 5.41) is 9.52. The van der Waals surface area contributed by atoms with E-state index in [1.165, 1.54) is 12.1 Å². The Balaban J connectivity index is 2.30. The van der Waals surface area contributed by atoms with E-state index in [0.29, 0.717) is 0 Å². The second-order valence-corrected chi connectivity index (χ2v) is 6.60. The Morgan fingerprint density at radius 1 is 1.36 bits per heavy atom. The quantitative estimate of drug-likeness (QED) is 0.851. The fourth-order valence-electron chi connectivity index (χ4n) is 3.22. The molecule has 1 atom stereocenters. The monoisotopic (exact) mass is 355 g/mol. The summed E-state index contributed by atoms with van der Waals surface area (Å²) < 4.78 is 34.8. The number of benzene rings is 1. The van der Waals surface area contributed by atoms with Crippen LogP contribution >= 0.6 is 0 Å². The molecule has 0 aliphatic carbocycles. The Kier molecular flexibility index (Phi) is 5.34. The first kappa shape index (κ1) is 19.1. The number of rotatable bonds is 6. The Morgan fingerprint density at radius 3 is 2.52 bits per heavy atom. The van der Waals surface area contributed by atoms with Gasteiger partial charge in [-0.2, -0.15) is 8.78 Å². The van der Waals surface area contributed by atoms with E-state index in [9.17, 15) is 23.5 Å². The fourth-order valence-corrected chi connectivity index (χ4v) is 3.22. The molecule has 0 aromatic heterocycles. The minimum absolute atomic E-state index is 0.00426. The van der Waals surface area contributed by atoms with Gasteiger partial charge in [-0.1, -0.05) is 26.0 Å². The van der Waals surface area contributed by atoms with Crippen molar-refractivity contribution in [1.82, 2.24) is 4.90 Å². The van der Waals surface area contributed by atoms with Crippen molar-refractivity contribution in [3.8, 4) is 5.75 Å². The molecule has 7 heteroatoms. The molecule has 1 amide bonds. The molecule has 0 radical (unpaired) electrons. The van der Waals surface area contributed by atoms with Crippen LogP contribution in [0, 0.1) is 11.3 Å². The molecule has 0 spiro atoms. The Bertz CT molecular complexity index is 662. The number of alkyl halides is 2. The number of carboxylic acids is 1. The second kappa shape index (κ2) is 6.98. The van der Waals surface area contributed by atoms with E-state index in [1.807, 2.05) is 0 Å². The second-order valence-electron chi connectivity index (χ2n) is 6.60. The number of likely N-dealkylation sites (tertiary alicyclic amines) is 1. The number of ether oxygens (including phenoxy) is 1. The lowest BCUT2D eigenvalue weighted by Crippen LogP contribution is -2.45. The molecule has 0 bridgehead atoms. The molecule has 138 valence electrons. The van der Waals surface area contributed by atoms with Gasteiger partial charge in [0.1, 0.15) is 5.75 Å². The van der Waals surface area contributed by atoms with E-state index < -0.39 is 28.8 Å². The average molecular weight is 355 g/mol. The van der Waals surface area contributed by atoms with Crippen molar-refractivity contribution in [3.05, 3.63) is 29.8 Å². The van der Waals surface area contributed by atoms with Gasteiger partial charge in [0.2, 0.25) is 0 Å². The predicted molar refractivity (Wildman–Crippen MR) is 87.6 cm³/mol. The third-order valence-electron chi connectivity index (χ3n) is 4.91. The lowest BCUT2D eigenvalue weighted by atomic mass is 9.76. The molecule has 1 heterocycles. The summed E-state index contributed by atoms with van der Waals surface area (Å²) in [6, 6.07) is 5.52. The van der Waals surface area contributed by atoms with Crippen molar-refractivity contribution >= 4 is 11.9 Å². The van der Waals surface area contributed by atoms with Crippen LogP contribution in [0.4, 0.5) is 8.78 Å². The normalized spacial score (nSPS) is 20.8. The molecule has 1 aromatic rings. The van der Waals surface area contributed by atoms with E-state index >= 15 is 0 Å². The van der Waals surface area contributed by atoms with Crippen LogP contribution in [-0.2, 0) is 15.5 Å². The van der Waals surface area contributed by atoms with Gasteiger partial charge in [0.15, 0.2) is 0 Å². The van der Waals surface area contributed by atoms with Gasteiger partial charge in [0.05, 0.1) is 17.6 Å². The van der Waals surface area contributed by atoms with Crippen LogP contribution in [0.15, 0.2) is 24.3 Å². The highest BCUT2D eigenvalue weighted by atomic mass is 19.3. The van der Waals surface area contributed by atoms with Gasteiger partial charge in [-0.3, -0.25) is 9.59 Å². The molecule has 5 nitrogen and oxygen atoms in total. The lowest BCUT2D eigenvalue weighted by molar-refractivity contribution is -0.160. The number of carbonyl (C=O) groups is 2. The first-order valence-corrected chi connectivity index (χ1v) is 8.29. The van der Waals surface area contributed by atoms with Crippen LogP contribution in [0.25, 0.3) is 0 Å². The van der Waals surface area contributed by atoms with Crippen LogP contribution in [0.2, 0.25) is 0 Å². The maximum absolute atomic E-state index is 14.8. The molecule has 1 fully saturated rings. The lowest BCUT2D eigenvalue weighted by Gasteiger charge is -2.30. The number of hydrogen-bond acceptors (Lipinski definition) is 3. The minimum Gasteiger partial charge on any atom is -0.493 e. The topological polar surface area (TPSA) is 66.8 Å². The van der Waals surface area contributed by atoms with Crippen molar-refractivity contribution in [3.63, 3.8) is 0 Å².